The van der Waals surface area contributed by atoms with Crippen LogP contribution in [0.4, 0.5) is 0 Å². The van der Waals surface area contributed by atoms with Crippen molar-refractivity contribution < 1.29 is 25.2 Å². The number of carboxylic acid groups (broad SMARTS) is 1. The fourth-order valence-corrected chi connectivity index (χ4v) is 1.22. The number of aromatic carboxylic acids is 1. The molecule has 0 saturated carbocycles. The average molecular weight is 215 g/mol. The molecule has 0 aliphatic rings. The van der Waals surface area contributed by atoms with E-state index in [4.69, 9.17) is 10.2 Å². The second kappa shape index (κ2) is 4.92. The Hall–Kier alpha value is -1.37. The maximum atomic E-state index is 10.5. The number of aromatic nitrogens is 1. The highest BCUT2D eigenvalue weighted by Crippen LogP contribution is 2.19. The van der Waals surface area contributed by atoms with E-state index in [0.717, 1.165) is 0 Å². The lowest BCUT2D eigenvalue weighted by molar-refractivity contribution is 0.00426. The van der Waals surface area contributed by atoms with Crippen molar-refractivity contribution in [3.05, 3.63) is 23.5 Å². The molecule has 1 aromatic heterocycles. The Kier molecular flexibility index (Phi) is 3.84. The lowest BCUT2D eigenvalue weighted by Crippen LogP contribution is -2.19. The van der Waals surface area contributed by atoms with E-state index in [1.807, 2.05) is 0 Å². The first-order valence-corrected chi connectivity index (χ1v) is 4.45. The molecule has 6 nitrogen and oxygen atoms in total. The Labute approximate surface area is 85.8 Å². The Balaban J connectivity index is 2.73. The van der Waals surface area contributed by atoms with Crippen LogP contribution in [-0.2, 0) is 0 Å². The van der Waals surface area contributed by atoms with Gasteiger partial charge in [-0.3, -0.25) is 0 Å². The van der Waals surface area contributed by atoms with Crippen LogP contribution >= 0.6 is 0 Å². The van der Waals surface area contributed by atoms with E-state index < -0.39 is 18.2 Å². The predicted molar refractivity (Wildman–Crippen MR) is 50.4 cm³/mol. The molecule has 0 aliphatic carbocycles. The molecule has 0 amide bonds. The molecule has 1 aromatic rings. The topological polar surface area (TPSA) is 114 Å². The van der Waals surface area contributed by atoms with Crippen molar-refractivity contribution in [2.75, 3.05) is 6.61 Å². The molecule has 0 saturated heterocycles. The summed E-state index contributed by atoms with van der Waals surface area (Å²) in [7, 11) is 0. The van der Waals surface area contributed by atoms with Crippen LogP contribution in [0.5, 0.6) is 0 Å². The molecular weight excluding hydrogens is 202 g/mol. The summed E-state index contributed by atoms with van der Waals surface area (Å²) in [4.78, 5) is 13.0. The van der Waals surface area contributed by atoms with E-state index in [-0.39, 0.29) is 24.3 Å². The minimum Gasteiger partial charge on any atom is -0.477 e. The Morgan fingerprint density at radius 3 is 2.60 bits per heavy atom. The smallest absolute Gasteiger partial charge is 0.352 e. The third-order valence-electron chi connectivity index (χ3n) is 2.07. The van der Waals surface area contributed by atoms with Crippen molar-refractivity contribution >= 4 is 5.97 Å². The number of carbonyl (C=O) groups is 1. The number of rotatable bonds is 5. The van der Waals surface area contributed by atoms with Crippen LogP contribution in [0.25, 0.3) is 0 Å². The minimum atomic E-state index is -1.19. The first-order chi connectivity index (χ1) is 7.06. The van der Waals surface area contributed by atoms with E-state index in [2.05, 4.69) is 4.98 Å². The van der Waals surface area contributed by atoms with Gasteiger partial charge in [0, 0.05) is 18.4 Å². The molecule has 0 fully saturated rings. The third-order valence-corrected chi connectivity index (χ3v) is 2.07. The van der Waals surface area contributed by atoms with Crippen LogP contribution < -0.4 is 0 Å². The second-order valence-electron chi connectivity index (χ2n) is 3.18. The highest BCUT2D eigenvalue weighted by Gasteiger charge is 2.20. The second-order valence-corrected chi connectivity index (χ2v) is 3.18. The van der Waals surface area contributed by atoms with Gasteiger partial charge in [0.15, 0.2) is 0 Å². The molecule has 15 heavy (non-hydrogen) atoms. The fourth-order valence-electron chi connectivity index (χ4n) is 1.22. The molecular formula is C9H13NO5. The van der Waals surface area contributed by atoms with Crippen LogP contribution in [-0.4, -0.2) is 44.1 Å². The standard InChI is InChI=1S/C9H13NO5/c11-2-1-7(12)8(13)5-3-6(9(14)15)10-4-5/h3-4,7-8,10-13H,1-2H2,(H,14,15). The zero-order valence-corrected chi connectivity index (χ0v) is 7.92. The number of nitrogens with one attached hydrogen (secondary N) is 1. The van der Waals surface area contributed by atoms with Gasteiger partial charge in [0.25, 0.3) is 0 Å². The number of aliphatic hydroxyl groups excluding tert-OH is 3. The van der Waals surface area contributed by atoms with Crippen LogP contribution in [0.15, 0.2) is 12.3 Å². The Morgan fingerprint density at radius 2 is 2.13 bits per heavy atom. The lowest BCUT2D eigenvalue weighted by atomic mass is 10.1. The number of carboxylic acids is 1. The fraction of sp³-hybridized carbons (Fsp3) is 0.444. The van der Waals surface area contributed by atoms with Crippen LogP contribution in [0.2, 0.25) is 0 Å². The Morgan fingerprint density at radius 1 is 1.47 bits per heavy atom. The van der Waals surface area contributed by atoms with Crippen molar-refractivity contribution in [3.8, 4) is 0 Å². The summed E-state index contributed by atoms with van der Waals surface area (Å²) in [5, 5.41) is 36.0. The summed E-state index contributed by atoms with van der Waals surface area (Å²) in [6.07, 6.45) is -0.947. The molecule has 0 spiro atoms. The molecule has 0 aliphatic heterocycles. The van der Waals surface area contributed by atoms with Crippen molar-refractivity contribution in [1.29, 1.82) is 0 Å². The summed E-state index contributed by atoms with van der Waals surface area (Å²) < 4.78 is 0. The highest BCUT2D eigenvalue weighted by atomic mass is 16.4. The quantitative estimate of drug-likeness (QED) is 0.454. The number of hydrogen-bond acceptors (Lipinski definition) is 4. The van der Waals surface area contributed by atoms with Gasteiger partial charge in [-0.05, 0) is 12.5 Å². The van der Waals surface area contributed by atoms with Crippen molar-refractivity contribution in [2.24, 2.45) is 0 Å². The van der Waals surface area contributed by atoms with Gasteiger partial charge in [0.2, 0.25) is 0 Å². The maximum absolute atomic E-state index is 10.5. The van der Waals surface area contributed by atoms with Gasteiger partial charge >= 0.3 is 5.97 Å². The Bertz CT molecular complexity index is 335. The zero-order chi connectivity index (χ0) is 11.4. The highest BCUT2D eigenvalue weighted by molar-refractivity contribution is 5.85. The first-order valence-electron chi connectivity index (χ1n) is 4.45. The SMILES string of the molecule is O=C(O)c1cc(C(O)C(O)CCO)c[nH]1. The summed E-state index contributed by atoms with van der Waals surface area (Å²) >= 11 is 0. The number of aromatic amines is 1. The van der Waals surface area contributed by atoms with Crippen LogP contribution in [0, 0.1) is 0 Å². The molecule has 84 valence electrons. The van der Waals surface area contributed by atoms with Crippen LogP contribution in [0.1, 0.15) is 28.6 Å². The zero-order valence-electron chi connectivity index (χ0n) is 7.92. The van der Waals surface area contributed by atoms with Gasteiger partial charge in [0.05, 0.1) is 6.10 Å². The maximum Gasteiger partial charge on any atom is 0.352 e. The van der Waals surface area contributed by atoms with Crippen molar-refractivity contribution in [2.45, 2.75) is 18.6 Å². The third kappa shape index (κ3) is 2.79. The van der Waals surface area contributed by atoms with E-state index in [9.17, 15) is 15.0 Å². The molecule has 2 unspecified atom stereocenters. The molecule has 1 heterocycles. The van der Waals surface area contributed by atoms with Crippen molar-refractivity contribution in [3.63, 3.8) is 0 Å². The number of H-pyrrole nitrogens is 1. The monoisotopic (exact) mass is 215 g/mol. The lowest BCUT2D eigenvalue weighted by Gasteiger charge is -2.15. The van der Waals surface area contributed by atoms with Gasteiger partial charge in [0.1, 0.15) is 11.8 Å². The van der Waals surface area contributed by atoms with Gasteiger partial charge in [-0.25, -0.2) is 4.79 Å². The summed E-state index contributed by atoms with van der Waals surface area (Å²) in [5.74, 6) is -1.13. The molecule has 1 rings (SSSR count). The minimum absolute atomic E-state index is 0.0365. The average Bonchev–Trinajstić information content (AvgIpc) is 2.65. The molecule has 0 bridgehead atoms. The molecule has 2 atom stereocenters. The van der Waals surface area contributed by atoms with Crippen LogP contribution in [0.3, 0.4) is 0 Å². The molecule has 0 aromatic carbocycles. The number of hydrogen-bond donors (Lipinski definition) is 5. The predicted octanol–water partition coefficient (Wildman–Crippen LogP) is -0.510. The normalized spacial score (nSPS) is 14.9. The van der Waals surface area contributed by atoms with E-state index in [1.165, 1.54) is 12.3 Å². The van der Waals surface area contributed by atoms with Gasteiger partial charge in [-0.1, -0.05) is 0 Å². The summed E-state index contributed by atoms with van der Waals surface area (Å²) in [6, 6.07) is 1.24. The molecule has 5 N–H and O–H groups in total. The van der Waals surface area contributed by atoms with Gasteiger partial charge < -0.3 is 25.4 Å². The molecule has 6 heteroatoms. The first kappa shape index (κ1) is 11.7. The van der Waals surface area contributed by atoms with Gasteiger partial charge in [-0.15, -0.1) is 0 Å². The van der Waals surface area contributed by atoms with E-state index in [0.29, 0.717) is 0 Å². The van der Waals surface area contributed by atoms with E-state index >= 15 is 0 Å². The largest absolute Gasteiger partial charge is 0.477 e. The molecule has 0 radical (unpaired) electrons. The number of aliphatic hydroxyl groups is 3. The van der Waals surface area contributed by atoms with Crippen molar-refractivity contribution in [1.82, 2.24) is 4.98 Å². The summed E-state index contributed by atoms with van der Waals surface area (Å²) in [6.45, 7) is -0.242. The summed E-state index contributed by atoms with van der Waals surface area (Å²) in [5.41, 5.74) is 0.230. The van der Waals surface area contributed by atoms with E-state index in [1.54, 1.807) is 0 Å². The van der Waals surface area contributed by atoms with Gasteiger partial charge in [-0.2, -0.15) is 0 Å².